The summed E-state index contributed by atoms with van der Waals surface area (Å²) in [5.41, 5.74) is 1.05. The van der Waals surface area contributed by atoms with E-state index in [0.29, 0.717) is 11.3 Å². The fourth-order valence-corrected chi connectivity index (χ4v) is 1.96. The molecule has 0 aliphatic heterocycles. The molecule has 0 amide bonds. The predicted molar refractivity (Wildman–Crippen MR) is 71.6 cm³/mol. The van der Waals surface area contributed by atoms with Gasteiger partial charge in [-0.1, -0.05) is 18.2 Å². The standard InChI is InChI=1S/C15H12FNO4/c16-11-4-2-1-3-9(11)7-12-10(5-6-17-12)13(18)8-14(19)15(20)21/h1-6,17H,7-8H2,(H,20,21). The third-order valence-electron chi connectivity index (χ3n) is 3.02. The van der Waals surface area contributed by atoms with E-state index in [1.165, 1.54) is 18.3 Å². The van der Waals surface area contributed by atoms with Crippen LogP contribution in [0.15, 0.2) is 36.5 Å². The van der Waals surface area contributed by atoms with Crippen molar-refractivity contribution >= 4 is 17.5 Å². The fourth-order valence-electron chi connectivity index (χ4n) is 1.96. The molecule has 0 saturated heterocycles. The van der Waals surface area contributed by atoms with Crippen molar-refractivity contribution in [2.24, 2.45) is 0 Å². The summed E-state index contributed by atoms with van der Waals surface area (Å²) in [6.45, 7) is 0. The topological polar surface area (TPSA) is 87.2 Å². The summed E-state index contributed by atoms with van der Waals surface area (Å²) in [5.74, 6) is -3.81. The lowest BCUT2D eigenvalue weighted by Gasteiger charge is -2.04. The highest BCUT2D eigenvalue weighted by Gasteiger charge is 2.20. The predicted octanol–water partition coefficient (Wildman–Crippen LogP) is 1.97. The van der Waals surface area contributed by atoms with Crippen LogP contribution in [0.25, 0.3) is 0 Å². The summed E-state index contributed by atoms with van der Waals surface area (Å²) < 4.78 is 13.6. The molecule has 0 bridgehead atoms. The average molecular weight is 289 g/mol. The van der Waals surface area contributed by atoms with Gasteiger partial charge in [-0.3, -0.25) is 9.59 Å². The van der Waals surface area contributed by atoms with Crippen LogP contribution in [-0.4, -0.2) is 27.6 Å². The number of carboxylic acids is 1. The first-order valence-corrected chi connectivity index (χ1v) is 6.18. The van der Waals surface area contributed by atoms with Crippen LogP contribution in [0.2, 0.25) is 0 Å². The number of hydrogen-bond donors (Lipinski definition) is 2. The molecule has 21 heavy (non-hydrogen) atoms. The smallest absolute Gasteiger partial charge is 0.372 e. The van der Waals surface area contributed by atoms with Gasteiger partial charge < -0.3 is 10.1 Å². The lowest BCUT2D eigenvalue weighted by Crippen LogP contribution is -2.17. The van der Waals surface area contributed by atoms with Crippen molar-refractivity contribution in [2.45, 2.75) is 12.8 Å². The van der Waals surface area contributed by atoms with Gasteiger partial charge in [0.1, 0.15) is 5.82 Å². The van der Waals surface area contributed by atoms with Crippen LogP contribution in [0.1, 0.15) is 28.0 Å². The van der Waals surface area contributed by atoms with Gasteiger partial charge in [-0.15, -0.1) is 0 Å². The van der Waals surface area contributed by atoms with Gasteiger partial charge >= 0.3 is 5.97 Å². The van der Waals surface area contributed by atoms with Crippen LogP contribution in [0.4, 0.5) is 4.39 Å². The van der Waals surface area contributed by atoms with Crippen molar-refractivity contribution in [2.75, 3.05) is 0 Å². The molecule has 1 aromatic carbocycles. The molecule has 2 aromatic rings. The van der Waals surface area contributed by atoms with E-state index in [4.69, 9.17) is 5.11 Å². The van der Waals surface area contributed by atoms with E-state index in [9.17, 15) is 18.8 Å². The van der Waals surface area contributed by atoms with Gasteiger partial charge in [0.25, 0.3) is 0 Å². The van der Waals surface area contributed by atoms with Crippen LogP contribution < -0.4 is 0 Å². The highest BCUT2D eigenvalue weighted by Crippen LogP contribution is 2.17. The number of Topliss-reactive ketones (excluding diaryl/α,β-unsaturated/α-hetero) is 2. The third-order valence-corrected chi connectivity index (χ3v) is 3.02. The molecule has 1 aromatic heterocycles. The van der Waals surface area contributed by atoms with Crippen LogP contribution in [-0.2, 0) is 16.0 Å². The zero-order valence-corrected chi connectivity index (χ0v) is 10.9. The number of aromatic amines is 1. The molecule has 108 valence electrons. The number of aromatic nitrogens is 1. The number of hydrogen-bond acceptors (Lipinski definition) is 3. The Morgan fingerprint density at radius 1 is 1.14 bits per heavy atom. The van der Waals surface area contributed by atoms with E-state index in [1.807, 2.05) is 0 Å². The number of benzene rings is 1. The van der Waals surface area contributed by atoms with Gasteiger partial charge in [-0.25, -0.2) is 9.18 Å². The number of ketones is 2. The molecule has 0 fully saturated rings. The Bertz CT molecular complexity index is 705. The SMILES string of the molecule is O=C(O)C(=O)CC(=O)c1cc[nH]c1Cc1ccccc1F. The first kappa shape index (κ1) is 14.6. The molecule has 0 radical (unpaired) electrons. The number of halogens is 1. The normalized spacial score (nSPS) is 10.3. The molecule has 0 spiro atoms. The Hall–Kier alpha value is -2.76. The number of carboxylic acid groups (broad SMARTS) is 1. The maximum Gasteiger partial charge on any atom is 0.372 e. The van der Waals surface area contributed by atoms with Crippen molar-refractivity contribution < 1.29 is 23.9 Å². The number of aliphatic carboxylic acids is 1. The Morgan fingerprint density at radius 3 is 2.52 bits per heavy atom. The number of rotatable bonds is 6. The molecule has 2 N–H and O–H groups in total. The molecule has 0 aliphatic rings. The minimum absolute atomic E-state index is 0.155. The number of carbonyl (C=O) groups is 3. The second-order valence-electron chi connectivity index (χ2n) is 4.47. The van der Waals surface area contributed by atoms with E-state index in [2.05, 4.69) is 4.98 Å². The van der Waals surface area contributed by atoms with Crippen LogP contribution >= 0.6 is 0 Å². The minimum Gasteiger partial charge on any atom is -0.475 e. The summed E-state index contributed by atoms with van der Waals surface area (Å²) in [6.07, 6.45) is 0.939. The van der Waals surface area contributed by atoms with Crippen LogP contribution in [0, 0.1) is 5.82 Å². The molecule has 5 nitrogen and oxygen atoms in total. The number of nitrogens with one attached hydrogen (secondary N) is 1. The van der Waals surface area contributed by atoms with E-state index in [0.717, 1.165) is 0 Å². The van der Waals surface area contributed by atoms with E-state index >= 15 is 0 Å². The first-order chi connectivity index (χ1) is 9.99. The molecular formula is C15H12FNO4. The van der Waals surface area contributed by atoms with Gasteiger partial charge in [0.05, 0.1) is 6.42 Å². The van der Waals surface area contributed by atoms with Crippen LogP contribution in [0.5, 0.6) is 0 Å². The lowest BCUT2D eigenvalue weighted by molar-refractivity contribution is -0.148. The van der Waals surface area contributed by atoms with Crippen molar-refractivity contribution in [3.8, 4) is 0 Å². The summed E-state index contributed by atoms with van der Waals surface area (Å²) in [4.78, 5) is 36.3. The zero-order chi connectivity index (χ0) is 15.4. The van der Waals surface area contributed by atoms with Crippen molar-refractivity contribution in [1.82, 2.24) is 4.98 Å². The minimum atomic E-state index is -1.64. The second-order valence-corrected chi connectivity index (χ2v) is 4.47. The lowest BCUT2D eigenvalue weighted by atomic mass is 10.0. The summed E-state index contributed by atoms with van der Waals surface area (Å²) in [5, 5.41) is 8.51. The third kappa shape index (κ3) is 3.42. The van der Waals surface area contributed by atoms with Crippen LogP contribution in [0.3, 0.4) is 0 Å². The molecule has 0 aliphatic carbocycles. The Labute approximate surface area is 119 Å². The molecule has 0 atom stereocenters. The van der Waals surface area contributed by atoms with Crippen molar-refractivity contribution in [1.29, 1.82) is 0 Å². The highest BCUT2D eigenvalue weighted by molar-refractivity contribution is 6.37. The number of carbonyl (C=O) groups excluding carboxylic acids is 2. The van der Waals surface area contributed by atoms with E-state index in [1.54, 1.807) is 18.2 Å². The number of H-pyrrole nitrogens is 1. The van der Waals surface area contributed by atoms with Gasteiger partial charge in [-0.05, 0) is 17.7 Å². The Morgan fingerprint density at radius 2 is 1.86 bits per heavy atom. The molecule has 0 unspecified atom stereocenters. The molecule has 1 heterocycles. The highest BCUT2D eigenvalue weighted by atomic mass is 19.1. The van der Waals surface area contributed by atoms with Crippen molar-refractivity contribution in [3.05, 3.63) is 59.2 Å². The second kappa shape index (κ2) is 6.13. The molecule has 6 heteroatoms. The first-order valence-electron chi connectivity index (χ1n) is 6.18. The maximum atomic E-state index is 13.6. The molecule has 0 saturated carbocycles. The summed E-state index contributed by atoms with van der Waals surface area (Å²) >= 11 is 0. The van der Waals surface area contributed by atoms with Gasteiger partial charge in [0, 0.05) is 23.9 Å². The van der Waals surface area contributed by atoms with Crippen molar-refractivity contribution in [3.63, 3.8) is 0 Å². The molecular weight excluding hydrogens is 277 g/mol. The summed E-state index contributed by atoms with van der Waals surface area (Å²) in [7, 11) is 0. The van der Waals surface area contributed by atoms with E-state index in [-0.39, 0.29) is 12.0 Å². The van der Waals surface area contributed by atoms with Gasteiger partial charge in [0.15, 0.2) is 5.78 Å². The van der Waals surface area contributed by atoms with Gasteiger partial charge in [-0.2, -0.15) is 0 Å². The Kier molecular flexibility index (Phi) is 4.27. The zero-order valence-electron chi connectivity index (χ0n) is 10.9. The van der Waals surface area contributed by atoms with Gasteiger partial charge in [0.2, 0.25) is 5.78 Å². The monoisotopic (exact) mass is 289 g/mol. The quantitative estimate of drug-likeness (QED) is 0.483. The Balaban J connectivity index is 2.19. The molecule has 2 rings (SSSR count). The van der Waals surface area contributed by atoms with E-state index < -0.39 is 29.8 Å². The summed E-state index contributed by atoms with van der Waals surface area (Å²) in [6, 6.07) is 7.59. The maximum absolute atomic E-state index is 13.6. The average Bonchev–Trinajstić information content (AvgIpc) is 2.89. The largest absolute Gasteiger partial charge is 0.475 e. The fraction of sp³-hybridized carbons (Fsp3) is 0.133.